The zero-order valence-electron chi connectivity index (χ0n) is 18.3. The van der Waals surface area contributed by atoms with Crippen LogP contribution in [0.4, 0.5) is 5.13 Å². The number of Topliss-reactive ketones (excluding diaryl/α,β-unsaturated/α-hetero) is 1. The third kappa shape index (κ3) is 3.72. The fraction of sp³-hybridized carbons (Fsp3) is 0.160. The number of hydrogen-bond acceptors (Lipinski definition) is 8. The van der Waals surface area contributed by atoms with Crippen molar-refractivity contribution in [3.05, 3.63) is 81.8 Å². The van der Waals surface area contributed by atoms with E-state index in [9.17, 15) is 14.7 Å². The van der Waals surface area contributed by atoms with Crippen LogP contribution in [0.15, 0.2) is 71.3 Å². The summed E-state index contributed by atoms with van der Waals surface area (Å²) >= 11 is 2.55. The zero-order chi connectivity index (χ0) is 23.8. The Morgan fingerprint density at radius 1 is 1.15 bits per heavy atom. The number of aliphatic hydroxyl groups is 1. The first-order valence-corrected chi connectivity index (χ1v) is 12.2. The Kier molecular flexibility index (Phi) is 5.80. The molecule has 2 aromatic heterocycles. The standard InChI is InChI=1S/C25H20N2O5S2/c1-3-32-16-9-10-17-19(13-16)34-25(26-17)27-21(14-6-4-7-15(12-14)31-2)20(23(29)24(27)30)22(28)18-8-5-11-33-18/h4-13,21,29H,3H2,1-2H3/t21-/m1/s1. The van der Waals surface area contributed by atoms with Crippen LogP contribution in [0.3, 0.4) is 0 Å². The second-order valence-electron chi connectivity index (χ2n) is 7.48. The molecule has 0 saturated heterocycles. The molecule has 0 unspecified atom stereocenters. The molecule has 2 aromatic carbocycles. The first-order chi connectivity index (χ1) is 16.5. The number of nitrogens with zero attached hydrogens (tertiary/aromatic N) is 2. The second kappa shape index (κ2) is 8.92. The minimum atomic E-state index is -0.857. The van der Waals surface area contributed by atoms with Crippen molar-refractivity contribution in [1.82, 2.24) is 4.98 Å². The van der Waals surface area contributed by atoms with Gasteiger partial charge < -0.3 is 14.6 Å². The molecule has 1 N–H and O–H groups in total. The smallest absolute Gasteiger partial charge is 0.296 e. The van der Waals surface area contributed by atoms with Crippen molar-refractivity contribution < 1.29 is 24.2 Å². The number of carbonyl (C=O) groups is 2. The van der Waals surface area contributed by atoms with Crippen LogP contribution < -0.4 is 14.4 Å². The minimum absolute atomic E-state index is 0.0231. The highest BCUT2D eigenvalue weighted by Crippen LogP contribution is 2.45. The van der Waals surface area contributed by atoms with Crippen LogP contribution in [0, 0.1) is 0 Å². The van der Waals surface area contributed by atoms with Gasteiger partial charge in [0.1, 0.15) is 11.5 Å². The summed E-state index contributed by atoms with van der Waals surface area (Å²) in [6.07, 6.45) is 0. The van der Waals surface area contributed by atoms with Gasteiger partial charge in [0.25, 0.3) is 5.91 Å². The predicted octanol–water partition coefficient (Wildman–Crippen LogP) is 5.55. The van der Waals surface area contributed by atoms with Gasteiger partial charge in [-0.1, -0.05) is 29.5 Å². The average molecular weight is 493 g/mol. The van der Waals surface area contributed by atoms with Crippen molar-refractivity contribution in [2.24, 2.45) is 0 Å². The number of thiophene rings is 1. The van der Waals surface area contributed by atoms with Gasteiger partial charge in [0.05, 0.1) is 40.4 Å². The fourth-order valence-electron chi connectivity index (χ4n) is 3.95. The van der Waals surface area contributed by atoms with Crippen molar-refractivity contribution in [2.75, 3.05) is 18.6 Å². The third-order valence-corrected chi connectivity index (χ3v) is 7.36. The molecule has 3 heterocycles. The highest BCUT2D eigenvalue weighted by Gasteiger charge is 2.46. The van der Waals surface area contributed by atoms with E-state index in [4.69, 9.17) is 9.47 Å². The molecule has 1 aliphatic rings. The van der Waals surface area contributed by atoms with Gasteiger partial charge in [0.15, 0.2) is 10.9 Å². The number of aliphatic hydroxyl groups excluding tert-OH is 1. The van der Waals surface area contributed by atoms with Gasteiger partial charge in [0.2, 0.25) is 5.78 Å². The van der Waals surface area contributed by atoms with Crippen LogP contribution in [-0.2, 0) is 4.79 Å². The average Bonchev–Trinajstić information content (AvgIpc) is 3.58. The quantitative estimate of drug-likeness (QED) is 0.340. The SMILES string of the molecule is CCOc1ccc2nc(N3C(=O)C(O)=C(C(=O)c4cccs4)[C@H]3c3cccc(OC)c3)sc2c1. The maximum atomic E-state index is 13.4. The van der Waals surface area contributed by atoms with Crippen molar-refractivity contribution in [3.8, 4) is 11.5 Å². The van der Waals surface area contributed by atoms with E-state index in [0.29, 0.717) is 39.2 Å². The number of anilines is 1. The molecular weight excluding hydrogens is 472 g/mol. The van der Waals surface area contributed by atoms with E-state index < -0.39 is 23.5 Å². The van der Waals surface area contributed by atoms with Gasteiger partial charge in [-0.25, -0.2) is 4.98 Å². The first-order valence-electron chi connectivity index (χ1n) is 10.5. The summed E-state index contributed by atoms with van der Waals surface area (Å²) in [5, 5.41) is 13.1. The topological polar surface area (TPSA) is 89.0 Å². The van der Waals surface area contributed by atoms with Gasteiger partial charge in [-0.3, -0.25) is 14.5 Å². The minimum Gasteiger partial charge on any atom is -0.503 e. The number of thiazole rings is 1. The van der Waals surface area contributed by atoms with E-state index in [0.717, 1.165) is 4.70 Å². The molecule has 0 radical (unpaired) electrons. The zero-order valence-corrected chi connectivity index (χ0v) is 20.0. The Hall–Kier alpha value is -3.69. The molecule has 9 heteroatoms. The molecule has 7 nitrogen and oxygen atoms in total. The van der Waals surface area contributed by atoms with Gasteiger partial charge in [0, 0.05) is 0 Å². The van der Waals surface area contributed by atoms with E-state index >= 15 is 0 Å². The van der Waals surface area contributed by atoms with E-state index in [1.165, 1.54) is 27.6 Å². The van der Waals surface area contributed by atoms with Crippen LogP contribution in [0.5, 0.6) is 11.5 Å². The van der Waals surface area contributed by atoms with Gasteiger partial charge in [-0.2, -0.15) is 0 Å². The number of fused-ring (bicyclic) bond motifs is 1. The third-order valence-electron chi connectivity index (χ3n) is 5.47. The second-order valence-corrected chi connectivity index (χ2v) is 9.44. The lowest BCUT2D eigenvalue weighted by Crippen LogP contribution is -2.30. The van der Waals surface area contributed by atoms with Crippen molar-refractivity contribution in [3.63, 3.8) is 0 Å². The highest BCUT2D eigenvalue weighted by molar-refractivity contribution is 7.22. The molecule has 0 fully saturated rings. The summed E-state index contributed by atoms with van der Waals surface area (Å²) < 4.78 is 11.8. The Labute approximate surface area is 203 Å². The van der Waals surface area contributed by atoms with Gasteiger partial charge >= 0.3 is 0 Å². The molecule has 34 heavy (non-hydrogen) atoms. The van der Waals surface area contributed by atoms with Gasteiger partial charge in [-0.05, 0) is 54.3 Å². The Morgan fingerprint density at radius 3 is 2.74 bits per heavy atom. The number of carbonyl (C=O) groups excluding carboxylic acids is 2. The Morgan fingerprint density at radius 2 is 2.00 bits per heavy atom. The lowest BCUT2D eigenvalue weighted by atomic mass is 9.95. The number of amides is 1. The predicted molar refractivity (Wildman–Crippen MR) is 132 cm³/mol. The molecule has 1 aliphatic heterocycles. The molecule has 1 atom stereocenters. The molecule has 0 saturated carbocycles. The molecule has 4 aromatic rings. The molecule has 172 valence electrons. The largest absolute Gasteiger partial charge is 0.503 e. The Balaban J connectivity index is 1.66. The molecule has 0 aliphatic carbocycles. The summed E-state index contributed by atoms with van der Waals surface area (Å²) in [7, 11) is 1.55. The number of methoxy groups -OCH3 is 1. The van der Waals surface area contributed by atoms with Crippen molar-refractivity contribution in [1.29, 1.82) is 0 Å². The summed E-state index contributed by atoms with van der Waals surface area (Å²) in [6.45, 7) is 2.44. The van der Waals surface area contributed by atoms with Crippen LogP contribution in [0.25, 0.3) is 10.2 Å². The lowest BCUT2D eigenvalue weighted by molar-refractivity contribution is -0.117. The number of rotatable bonds is 7. The number of ether oxygens (including phenoxy) is 2. The monoisotopic (exact) mass is 492 g/mol. The summed E-state index contributed by atoms with van der Waals surface area (Å²) in [5.41, 5.74) is 1.35. The molecule has 5 rings (SSSR count). The first kappa shape index (κ1) is 22.1. The molecular formula is C25H20N2O5S2. The van der Waals surface area contributed by atoms with E-state index in [2.05, 4.69) is 4.98 Å². The van der Waals surface area contributed by atoms with Crippen molar-refractivity contribution in [2.45, 2.75) is 13.0 Å². The number of hydrogen-bond donors (Lipinski definition) is 1. The molecule has 0 spiro atoms. The van der Waals surface area contributed by atoms with E-state index in [-0.39, 0.29) is 5.57 Å². The molecule has 1 amide bonds. The van der Waals surface area contributed by atoms with Crippen LogP contribution in [0.1, 0.15) is 28.2 Å². The van der Waals surface area contributed by atoms with E-state index in [1.807, 2.05) is 25.1 Å². The molecule has 0 bridgehead atoms. The highest BCUT2D eigenvalue weighted by atomic mass is 32.1. The Bertz CT molecular complexity index is 1420. The van der Waals surface area contributed by atoms with Crippen molar-refractivity contribution >= 4 is 49.7 Å². The van der Waals surface area contributed by atoms with Crippen LogP contribution in [0.2, 0.25) is 0 Å². The summed E-state index contributed by atoms with van der Waals surface area (Å²) in [4.78, 5) is 33.2. The number of ketones is 1. The van der Waals surface area contributed by atoms with Crippen LogP contribution in [-0.4, -0.2) is 35.5 Å². The fourth-order valence-corrected chi connectivity index (χ4v) is 5.65. The van der Waals surface area contributed by atoms with Gasteiger partial charge in [-0.15, -0.1) is 11.3 Å². The normalized spacial score (nSPS) is 15.9. The lowest BCUT2D eigenvalue weighted by Gasteiger charge is -2.24. The summed E-state index contributed by atoms with van der Waals surface area (Å²) in [5.74, 6) is -0.352. The maximum Gasteiger partial charge on any atom is 0.296 e. The number of aromatic nitrogens is 1. The number of benzene rings is 2. The van der Waals surface area contributed by atoms with Crippen LogP contribution >= 0.6 is 22.7 Å². The maximum absolute atomic E-state index is 13.4. The van der Waals surface area contributed by atoms with E-state index in [1.54, 1.807) is 48.9 Å². The summed E-state index contributed by atoms with van der Waals surface area (Å²) in [6, 6.07) is 15.2.